The van der Waals surface area contributed by atoms with E-state index in [-0.39, 0.29) is 11.6 Å². The van der Waals surface area contributed by atoms with E-state index in [9.17, 15) is 9.18 Å². The summed E-state index contributed by atoms with van der Waals surface area (Å²) in [5, 5.41) is 0. The molecule has 0 amide bonds. The van der Waals surface area contributed by atoms with Crippen LogP contribution in [0.1, 0.15) is 38.3 Å². The topological polar surface area (TPSA) is 33.8 Å². The molecule has 2 aromatic heterocycles. The Morgan fingerprint density at radius 1 is 0.931 bits per heavy atom. The Kier molecular flexibility index (Phi) is 4.85. The highest BCUT2D eigenvalue weighted by Gasteiger charge is 2.20. The van der Waals surface area contributed by atoms with Crippen molar-refractivity contribution in [1.29, 1.82) is 0 Å². The molecular formula is C25H21FN2O. The number of nitrogens with zero attached hydrogens (tertiary/aromatic N) is 2. The first-order valence-electron chi connectivity index (χ1n) is 9.47. The lowest BCUT2D eigenvalue weighted by Crippen LogP contribution is -2.07. The highest BCUT2D eigenvalue weighted by Crippen LogP contribution is 2.26. The number of carbonyl (C=O) groups excluding carboxylic acids is 1. The average molecular weight is 384 g/mol. The summed E-state index contributed by atoms with van der Waals surface area (Å²) in [5.74, 6) is -0.505. The van der Waals surface area contributed by atoms with Crippen LogP contribution in [0.5, 0.6) is 0 Å². The first-order chi connectivity index (χ1) is 14.0. The zero-order chi connectivity index (χ0) is 20.5. The summed E-state index contributed by atoms with van der Waals surface area (Å²) >= 11 is 0. The molecule has 0 saturated carbocycles. The van der Waals surface area contributed by atoms with Gasteiger partial charge in [0.05, 0.1) is 16.9 Å². The van der Waals surface area contributed by atoms with E-state index < -0.39 is 0 Å². The van der Waals surface area contributed by atoms with Crippen LogP contribution in [0.25, 0.3) is 5.52 Å². The molecule has 4 rings (SSSR count). The van der Waals surface area contributed by atoms with Gasteiger partial charge in [0.25, 0.3) is 0 Å². The van der Waals surface area contributed by atoms with Crippen LogP contribution in [0.3, 0.4) is 0 Å². The zero-order valence-electron chi connectivity index (χ0n) is 16.6. The molecule has 0 N–H and O–H groups in total. The smallest absolute Gasteiger partial charge is 0.210 e. The zero-order valence-corrected chi connectivity index (χ0v) is 16.6. The first kappa shape index (κ1) is 18.8. The van der Waals surface area contributed by atoms with E-state index in [1.165, 1.54) is 29.8 Å². The van der Waals surface area contributed by atoms with Gasteiger partial charge in [0.15, 0.2) is 0 Å². The number of pyridine rings is 1. The van der Waals surface area contributed by atoms with Crippen LogP contribution in [0.15, 0.2) is 71.9 Å². The van der Waals surface area contributed by atoms with Crippen LogP contribution in [0.4, 0.5) is 10.1 Å². The number of ketones is 1. The van der Waals surface area contributed by atoms with Gasteiger partial charge in [-0.2, -0.15) is 0 Å². The minimum Gasteiger partial charge on any atom is -0.313 e. The number of aryl methyl sites for hydroxylation is 1. The van der Waals surface area contributed by atoms with Gasteiger partial charge in [-0.05, 0) is 79.9 Å². The van der Waals surface area contributed by atoms with Crippen molar-refractivity contribution in [2.24, 2.45) is 4.99 Å². The van der Waals surface area contributed by atoms with Crippen molar-refractivity contribution in [2.45, 2.75) is 20.8 Å². The number of rotatable bonds is 4. The van der Waals surface area contributed by atoms with Gasteiger partial charge in [0.1, 0.15) is 5.82 Å². The molecule has 29 heavy (non-hydrogen) atoms. The Bertz CT molecular complexity index is 1250. The molecule has 0 bridgehead atoms. The third kappa shape index (κ3) is 3.38. The standard InChI is InChI=1S/C25H21FN2O/c1-16-7-6-8-22(17(16)2)27-15-21-18(3)24(28-14-5-4-9-23(21)28)25(29)19-10-12-20(26)13-11-19/h4-15H,1-3H3. The summed E-state index contributed by atoms with van der Waals surface area (Å²) in [4.78, 5) is 17.9. The second-order valence-electron chi connectivity index (χ2n) is 7.16. The first-order valence-corrected chi connectivity index (χ1v) is 9.47. The van der Waals surface area contributed by atoms with Crippen LogP contribution in [0.2, 0.25) is 0 Å². The van der Waals surface area contributed by atoms with Crippen LogP contribution in [-0.4, -0.2) is 16.4 Å². The van der Waals surface area contributed by atoms with Crippen LogP contribution < -0.4 is 0 Å². The number of halogens is 1. The number of fused-ring (bicyclic) bond motifs is 1. The molecule has 3 nitrogen and oxygen atoms in total. The third-order valence-corrected chi connectivity index (χ3v) is 5.37. The second kappa shape index (κ2) is 7.47. The molecule has 0 atom stereocenters. The Labute approximate surface area is 169 Å². The van der Waals surface area contributed by atoms with Gasteiger partial charge in [-0.1, -0.05) is 18.2 Å². The molecule has 0 unspecified atom stereocenters. The lowest BCUT2D eigenvalue weighted by Gasteiger charge is -2.04. The molecule has 0 spiro atoms. The number of aliphatic imine (C=N–C) groups is 1. The highest BCUT2D eigenvalue weighted by atomic mass is 19.1. The predicted molar refractivity (Wildman–Crippen MR) is 115 cm³/mol. The van der Waals surface area contributed by atoms with E-state index in [1.807, 2.05) is 54.1 Å². The quantitative estimate of drug-likeness (QED) is 0.314. The molecule has 4 heteroatoms. The molecule has 0 aliphatic rings. The minimum atomic E-state index is -0.361. The van der Waals surface area contributed by atoms with Crippen LogP contribution in [-0.2, 0) is 0 Å². The summed E-state index contributed by atoms with van der Waals surface area (Å²) < 4.78 is 15.2. The molecule has 0 saturated heterocycles. The van der Waals surface area contributed by atoms with Crippen molar-refractivity contribution in [3.8, 4) is 0 Å². The van der Waals surface area contributed by atoms with Crippen molar-refractivity contribution in [1.82, 2.24) is 4.40 Å². The normalized spacial score (nSPS) is 11.4. The van der Waals surface area contributed by atoms with E-state index in [2.05, 4.69) is 19.9 Å². The lowest BCUT2D eigenvalue weighted by atomic mass is 10.0. The molecule has 144 valence electrons. The number of hydrogen-bond donors (Lipinski definition) is 0. The highest BCUT2D eigenvalue weighted by molar-refractivity contribution is 6.12. The van der Waals surface area contributed by atoms with Gasteiger partial charge in [-0.25, -0.2) is 4.39 Å². The molecule has 0 radical (unpaired) electrons. The van der Waals surface area contributed by atoms with Gasteiger partial charge < -0.3 is 4.40 Å². The maximum absolute atomic E-state index is 13.3. The number of carbonyl (C=O) groups is 1. The summed E-state index contributed by atoms with van der Waals surface area (Å²) in [6.45, 7) is 6.04. The number of aromatic nitrogens is 1. The van der Waals surface area contributed by atoms with Crippen LogP contribution in [0, 0.1) is 26.6 Å². The molecule has 0 fully saturated rings. The van der Waals surface area contributed by atoms with Gasteiger partial charge in [0, 0.05) is 23.5 Å². The predicted octanol–water partition coefficient (Wildman–Crippen LogP) is 5.99. The van der Waals surface area contributed by atoms with Crippen molar-refractivity contribution in [3.05, 3.63) is 106 Å². The Morgan fingerprint density at radius 3 is 2.45 bits per heavy atom. The number of benzene rings is 2. The monoisotopic (exact) mass is 384 g/mol. The Balaban J connectivity index is 1.85. The van der Waals surface area contributed by atoms with Crippen molar-refractivity contribution < 1.29 is 9.18 Å². The summed E-state index contributed by atoms with van der Waals surface area (Å²) in [6, 6.07) is 17.5. The van der Waals surface area contributed by atoms with Gasteiger partial charge in [0.2, 0.25) is 5.78 Å². The third-order valence-electron chi connectivity index (χ3n) is 5.37. The molecule has 2 heterocycles. The van der Waals surface area contributed by atoms with Crippen molar-refractivity contribution in [2.75, 3.05) is 0 Å². The molecule has 0 aliphatic heterocycles. The maximum Gasteiger partial charge on any atom is 0.210 e. The fourth-order valence-corrected chi connectivity index (χ4v) is 3.55. The fraction of sp³-hybridized carbons (Fsp3) is 0.120. The second-order valence-corrected chi connectivity index (χ2v) is 7.16. The Morgan fingerprint density at radius 2 is 1.69 bits per heavy atom. The van der Waals surface area contributed by atoms with E-state index in [0.29, 0.717) is 11.3 Å². The summed E-state index contributed by atoms with van der Waals surface area (Å²) in [7, 11) is 0. The molecule has 2 aromatic carbocycles. The van der Waals surface area contributed by atoms with E-state index >= 15 is 0 Å². The largest absolute Gasteiger partial charge is 0.313 e. The van der Waals surface area contributed by atoms with Gasteiger partial charge in [-0.3, -0.25) is 9.79 Å². The fourth-order valence-electron chi connectivity index (χ4n) is 3.55. The van der Waals surface area contributed by atoms with Crippen molar-refractivity contribution in [3.63, 3.8) is 0 Å². The lowest BCUT2D eigenvalue weighted by molar-refractivity contribution is 0.103. The maximum atomic E-state index is 13.3. The van der Waals surface area contributed by atoms with E-state index in [1.54, 1.807) is 0 Å². The van der Waals surface area contributed by atoms with Crippen molar-refractivity contribution >= 4 is 23.2 Å². The molecule has 0 aliphatic carbocycles. The average Bonchev–Trinajstić information content (AvgIpc) is 3.00. The van der Waals surface area contributed by atoms with Gasteiger partial charge in [-0.15, -0.1) is 0 Å². The SMILES string of the molecule is Cc1cccc(N=Cc2c(C)c(C(=O)c3ccc(F)cc3)n3ccccc23)c1C. The summed E-state index contributed by atoms with van der Waals surface area (Å²) in [6.07, 6.45) is 3.70. The minimum absolute atomic E-state index is 0.143. The summed E-state index contributed by atoms with van der Waals surface area (Å²) in [5.41, 5.74) is 6.90. The Hall–Kier alpha value is -3.53. The van der Waals surface area contributed by atoms with E-state index in [4.69, 9.17) is 4.99 Å². The van der Waals surface area contributed by atoms with Gasteiger partial charge >= 0.3 is 0 Å². The van der Waals surface area contributed by atoms with E-state index in [0.717, 1.165) is 27.9 Å². The van der Waals surface area contributed by atoms with Crippen LogP contribution >= 0.6 is 0 Å². The molecular weight excluding hydrogens is 363 g/mol. The molecule has 4 aromatic rings. The number of hydrogen-bond acceptors (Lipinski definition) is 2.